The van der Waals surface area contributed by atoms with Gasteiger partial charge < -0.3 is 19.7 Å². The first-order chi connectivity index (χ1) is 15.1. The Morgan fingerprint density at radius 1 is 0.727 bits per heavy atom. The zero-order valence-corrected chi connectivity index (χ0v) is 16.5. The molecule has 33 heavy (non-hydrogen) atoms. The molecule has 0 amide bonds. The van der Waals surface area contributed by atoms with Crippen LogP contribution >= 0.6 is 0 Å². The molecule has 0 unspecified atom stereocenters. The van der Waals surface area contributed by atoms with E-state index in [4.69, 9.17) is 0 Å². The van der Waals surface area contributed by atoms with Crippen molar-refractivity contribution in [3.05, 3.63) is 34.6 Å². The van der Waals surface area contributed by atoms with E-state index >= 15 is 0 Å². The first-order valence-corrected chi connectivity index (χ1v) is 8.78. The van der Waals surface area contributed by atoms with Crippen molar-refractivity contribution >= 4 is 0 Å². The zero-order valence-electron chi connectivity index (χ0n) is 16.5. The van der Waals surface area contributed by atoms with E-state index in [1.54, 1.807) is 0 Å². The van der Waals surface area contributed by atoms with Crippen molar-refractivity contribution in [3.8, 4) is 22.9 Å². The van der Waals surface area contributed by atoms with Crippen LogP contribution in [0, 0.1) is 6.92 Å². The molecule has 0 aliphatic carbocycles. The van der Waals surface area contributed by atoms with Gasteiger partial charge >= 0.3 is 18.5 Å². The standard InChI is InChI=1S/C18H15F9N2O4/c1-8-11(4-30)28-9(2-13(8)32-6-16(19,20)21)10-3-14(33-7-17(22,23)24)15(18(25,26)27)12(5-31)29-10/h2-3,30-31H,4-7H2,1H3. The average molecular weight is 494 g/mol. The van der Waals surface area contributed by atoms with Gasteiger partial charge in [-0.3, -0.25) is 0 Å². The van der Waals surface area contributed by atoms with Gasteiger partial charge in [0.25, 0.3) is 0 Å². The number of nitrogens with zero attached hydrogens (tertiary/aromatic N) is 2. The highest BCUT2D eigenvalue weighted by atomic mass is 19.4. The van der Waals surface area contributed by atoms with Crippen LogP contribution in [0.4, 0.5) is 39.5 Å². The molecule has 2 heterocycles. The van der Waals surface area contributed by atoms with Gasteiger partial charge in [-0.05, 0) is 6.92 Å². The van der Waals surface area contributed by atoms with Crippen LogP contribution in [0.5, 0.6) is 11.5 Å². The maximum atomic E-state index is 13.4. The molecule has 0 fully saturated rings. The molecule has 184 valence electrons. The van der Waals surface area contributed by atoms with Crippen LogP contribution < -0.4 is 9.47 Å². The van der Waals surface area contributed by atoms with Gasteiger partial charge in [-0.25, -0.2) is 9.97 Å². The minimum atomic E-state index is -5.26. The molecule has 6 nitrogen and oxygen atoms in total. The molecular weight excluding hydrogens is 479 g/mol. The molecule has 0 aliphatic heterocycles. The van der Waals surface area contributed by atoms with Crippen molar-refractivity contribution in [1.82, 2.24) is 9.97 Å². The predicted octanol–water partition coefficient (Wildman–Crippen LogP) is 4.34. The topological polar surface area (TPSA) is 84.7 Å². The van der Waals surface area contributed by atoms with E-state index in [1.165, 1.54) is 6.92 Å². The molecule has 2 N–H and O–H groups in total. The number of aliphatic hydroxyl groups is 2. The van der Waals surface area contributed by atoms with E-state index in [9.17, 15) is 49.7 Å². The number of aromatic nitrogens is 2. The number of hydrogen-bond donors (Lipinski definition) is 2. The second-order valence-electron chi connectivity index (χ2n) is 6.53. The Morgan fingerprint density at radius 2 is 1.15 bits per heavy atom. The number of halogens is 9. The third kappa shape index (κ3) is 7.08. The van der Waals surface area contributed by atoms with Crippen molar-refractivity contribution in [3.63, 3.8) is 0 Å². The molecule has 15 heteroatoms. The lowest BCUT2D eigenvalue weighted by Crippen LogP contribution is -2.22. The SMILES string of the molecule is Cc1c(OCC(F)(F)F)cc(-c2cc(OCC(F)(F)F)c(C(F)(F)F)c(CO)n2)nc1CO. The number of hydrogen-bond acceptors (Lipinski definition) is 6. The zero-order chi connectivity index (χ0) is 25.2. The van der Waals surface area contributed by atoms with Crippen LogP contribution in [-0.4, -0.2) is 45.7 Å². The van der Waals surface area contributed by atoms with Crippen molar-refractivity contribution < 1.29 is 59.2 Å². The van der Waals surface area contributed by atoms with Crippen LogP contribution in [0.1, 0.15) is 22.5 Å². The molecule has 0 radical (unpaired) electrons. The van der Waals surface area contributed by atoms with Gasteiger partial charge in [0.15, 0.2) is 13.2 Å². The third-order valence-corrected chi connectivity index (χ3v) is 4.01. The maximum Gasteiger partial charge on any atom is 0.422 e. The average Bonchev–Trinajstić information content (AvgIpc) is 2.68. The fraction of sp³-hybridized carbons (Fsp3) is 0.444. The van der Waals surface area contributed by atoms with Crippen molar-refractivity contribution in [2.75, 3.05) is 13.2 Å². The molecule has 0 atom stereocenters. The number of ether oxygens (including phenoxy) is 2. The Balaban J connectivity index is 2.67. The lowest BCUT2D eigenvalue weighted by molar-refractivity contribution is -0.159. The Hall–Kier alpha value is -2.81. The highest BCUT2D eigenvalue weighted by molar-refractivity contribution is 5.62. The molecule has 0 aromatic carbocycles. The fourth-order valence-electron chi connectivity index (χ4n) is 2.63. The van der Waals surface area contributed by atoms with Crippen LogP contribution in [-0.2, 0) is 19.4 Å². The highest BCUT2D eigenvalue weighted by Gasteiger charge is 2.40. The smallest absolute Gasteiger partial charge is 0.422 e. The number of pyridine rings is 2. The summed E-state index contributed by atoms with van der Waals surface area (Å²) in [4.78, 5) is 7.40. The van der Waals surface area contributed by atoms with Crippen molar-refractivity contribution in [1.29, 1.82) is 0 Å². The summed E-state index contributed by atoms with van der Waals surface area (Å²) in [5, 5.41) is 18.8. The quantitative estimate of drug-likeness (QED) is 0.558. The van der Waals surface area contributed by atoms with Gasteiger partial charge in [0.1, 0.15) is 17.1 Å². The summed E-state index contributed by atoms with van der Waals surface area (Å²) in [6, 6.07) is 1.30. The van der Waals surface area contributed by atoms with Crippen molar-refractivity contribution in [2.24, 2.45) is 0 Å². The Kier molecular flexibility index (Phi) is 7.68. The molecule has 0 saturated carbocycles. The van der Waals surface area contributed by atoms with Gasteiger partial charge in [-0.15, -0.1) is 0 Å². The van der Waals surface area contributed by atoms with Crippen LogP contribution in [0.2, 0.25) is 0 Å². The second kappa shape index (κ2) is 9.59. The third-order valence-electron chi connectivity index (χ3n) is 4.01. The van der Waals surface area contributed by atoms with Gasteiger partial charge in [-0.2, -0.15) is 39.5 Å². The Bertz CT molecular complexity index is 989. The minimum absolute atomic E-state index is 0.0201. The molecular formula is C18H15F9N2O4. The summed E-state index contributed by atoms with van der Waals surface area (Å²) >= 11 is 0. The van der Waals surface area contributed by atoms with E-state index in [-0.39, 0.29) is 11.3 Å². The monoisotopic (exact) mass is 494 g/mol. The van der Waals surface area contributed by atoms with Gasteiger partial charge in [0.05, 0.1) is 36.0 Å². The summed E-state index contributed by atoms with van der Waals surface area (Å²) in [6.45, 7) is -4.77. The first kappa shape index (κ1) is 26.4. The maximum absolute atomic E-state index is 13.4. The van der Waals surface area contributed by atoms with Crippen LogP contribution in [0.3, 0.4) is 0 Å². The van der Waals surface area contributed by atoms with E-state index in [1.807, 2.05) is 0 Å². The molecule has 0 bridgehead atoms. The van der Waals surface area contributed by atoms with E-state index in [0.29, 0.717) is 6.07 Å². The molecule has 0 spiro atoms. The summed E-state index contributed by atoms with van der Waals surface area (Å²) in [5.74, 6) is -1.79. The van der Waals surface area contributed by atoms with E-state index in [0.717, 1.165) is 6.07 Å². The Labute approximate surface area is 179 Å². The normalized spacial score (nSPS) is 12.7. The van der Waals surface area contributed by atoms with E-state index in [2.05, 4.69) is 19.4 Å². The molecule has 0 aliphatic rings. The van der Waals surface area contributed by atoms with Crippen molar-refractivity contribution in [2.45, 2.75) is 38.7 Å². The second-order valence-corrected chi connectivity index (χ2v) is 6.53. The molecule has 2 aromatic heterocycles. The number of aliphatic hydroxyl groups excluding tert-OH is 2. The highest BCUT2D eigenvalue weighted by Crippen LogP contribution is 2.41. The molecule has 2 rings (SSSR count). The van der Waals surface area contributed by atoms with Gasteiger partial charge in [-0.1, -0.05) is 0 Å². The Morgan fingerprint density at radius 3 is 1.58 bits per heavy atom. The largest absolute Gasteiger partial charge is 0.484 e. The number of rotatable bonds is 7. The summed E-state index contributed by atoms with van der Waals surface area (Å²) in [5.41, 5.74) is -4.13. The fourth-order valence-corrected chi connectivity index (χ4v) is 2.63. The van der Waals surface area contributed by atoms with Crippen LogP contribution in [0.25, 0.3) is 11.4 Å². The molecule has 2 aromatic rings. The van der Waals surface area contributed by atoms with Gasteiger partial charge in [0, 0.05) is 17.7 Å². The first-order valence-electron chi connectivity index (χ1n) is 8.78. The predicted molar refractivity (Wildman–Crippen MR) is 92.2 cm³/mol. The molecule has 0 saturated heterocycles. The van der Waals surface area contributed by atoms with E-state index < -0.39 is 79.1 Å². The lowest BCUT2D eigenvalue weighted by atomic mass is 10.1. The van der Waals surface area contributed by atoms with Crippen LogP contribution in [0.15, 0.2) is 12.1 Å². The summed E-state index contributed by atoms with van der Waals surface area (Å²) in [7, 11) is 0. The number of alkyl halides is 9. The lowest BCUT2D eigenvalue weighted by Gasteiger charge is -2.19. The summed E-state index contributed by atoms with van der Waals surface area (Å²) < 4.78 is 124. The summed E-state index contributed by atoms with van der Waals surface area (Å²) in [6.07, 6.45) is -15.0. The minimum Gasteiger partial charge on any atom is -0.484 e. The van der Waals surface area contributed by atoms with Gasteiger partial charge in [0.2, 0.25) is 0 Å².